The number of rotatable bonds is 1. The molecule has 1 aromatic rings. The van der Waals surface area contributed by atoms with E-state index in [1.165, 1.54) is 11.3 Å². The fraction of sp³-hybridized carbons (Fsp3) is 0.467. The van der Waals surface area contributed by atoms with Crippen molar-refractivity contribution in [3.05, 3.63) is 24.3 Å². The Morgan fingerprint density at radius 1 is 1.10 bits per heavy atom. The molecule has 3 aliphatic rings. The summed E-state index contributed by atoms with van der Waals surface area (Å²) in [5.74, 6) is 0.834. The third-order valence-electron chi connectivity index (χ3n) is 4.95. The predicted molar refractivity (Wildman–Crippen MR) is 75.1 cm³/mol. The lowest BCUT2D eigenvalue weighted by Crippen LogP contribution is -2.35. The third kappa shape index (κ3) is 1.43. The molecule has 5 nitrogen and oxygen atoms in total. The first-order chi connectivity index (χ1) is 9.66. The Labute approximate surface area is 117 Å². The number of urea groups is 1. The molecule has 0 aromatic heterocycles. The molecule has 5 heteroatoms. The maximum Gasteiger partial charge on any atom is 0.332 e. The van der Waals surface area contributed by atoms with Gasteiger partial charge in [0.15, 0.2) is 0 Å². The molecule has 2 heterocycles. The van der Waals surface area contributed by atoms with Crippen LogP contribution in [0.4, 0.5) is 16.2 Å². The molecule has 2 saturated heterocycles. The van der Waals surface area contributed by atoms with Crippen molar-refractivity contribution in [2.75, 3.05) is 17.2 Å². The van der Waals surface area contributed by atoms with E-state index in [-0.39, 0.29) is 18.0 Å². The van der Waals surface area contributed by atoms with Gasteiger partial charge in [0.05, 0.1) is 5.69 Å². The molecule has 0 radical (unpaired) electrons. The van der Waals surface area contributed by atoms with Gasteiger partial charge >= 0.3 is 6.03 Å². The van der Waals surface area contributed by atoms with Crippen molar-refractivity contribution < 1.29 is 9.59 Å². The van der Waals surface area contributed by atoms with Crippen molar-refractivity contribution in [3.63, 3.8) is 0 Å². The molecule has 3 atom stereocenters. The zero-order valence-corrected chi connectivity index (χ0v) is 11.2. The van der Waals surface area contributed by atoms with Crippen molar-refractivity contribution >= 4 is 23.3 Å². The molecule has 1 aliphatic carbocycles. The molecule has 0 spiro atoms. The number of nitrogens with two attached hydrogens (primary N) is 1. The van der Waals surface area contributed by atoms with E-state index in [4.69, 9.17) is 5.73 Å². The molecular weight excluding hydrogens is 254 g/mol. The smallest absolute Gasteiger partial charge is 0.332 e. The Morgan fingerprint density at radius 3 is 2.60 bits per heavy atom. The maximum absolute atomic E-state index is 12.7. The number of carbonyl (C=O) groups is 2. The Morgan fingerprint density at radius 2 is 1.85 bits per heavy atom. The second kappa shape index (κ2) is 3.98. The summed E-state index contributed by atoms with van der Waals surface area (Å²) >= 11 is 0. The molecule has 104 valence electrons. The van der Waals surface area contributed by atoms with Crippen LogP contribution < -0.4 is 10.6 Å². The van der Waals surface area contributed by atoms with E-state index in [0.717, 1.165) is 19.4 Å². The molecule has 3 amide bonds. The lowest BCUT2D eigenvalue weighted by molar-refractivity contribution is -0.120. The van der Waals surface area contributed by atoms with Crippen LogP contribution in [0.25, 0.3) is 0 Å². The van der Waals surface area contributed by atoms with Gasteiger partial charge in [-0.05, 0) is 48.9 Å². The van der Waals surface area contributed by atoms with Crippen LogP contribution in [0.15, 0.2) is 24.3 Å². The summed E-state index contributed by atoms with van der Waals surface area (Å²) in [5.41, 5.74) is 6.91. The average molecular weight is 271 g/mol. The van der Waals surface area contributed by atoms with Crippen LogP contribution in [0, 0.1) is 11.8 Å². The monoisotopic (exact) mass is 271 g/mol. The van der Waals surface area contributed by atoms with Crippen LogP contribution >= 0.6 is 0 Å². The van der Waals surface area contributed by atoms with Crippen molar-refractivity contribution in [3.8, 4) is 0 Å². The Hall–Kier alpha value is -2.04. The average Bonchev–Trinajstić information content (AvgIpc) is 3.05. The van der Waals surface area contributed by atoms with Gasteiger partial charge in [-0.25, -0.2) is 9.69 Å². The van der Waals surface area contributed by atoms with Gasteiger partial charge in [0.1, 0.15) is 6.04 Å². The van der Waals surface area contributed by atoms with Crippen molar-refractivity contribution in [1.82, 2.24) is 4.90 Å². The minimum atomic E-state index is -0.229. The number of hydrogen-bond donors (Lipinski definition) is 1. The molecule has 1 saturated carbocycles. The summed E-state index contributed by atoms with van der Waals surface area (Å²) < 4.78 is 0. The lowest BCUT2D eigenvalue weighted by atomic mass is 9.93. The molecule has 2 N–H and O–H groups in total. The molecule has 4 rings (SSSR count). The summed E-state index contributed by atoms with van der Waals surface area (Å²) in [4.78, 5) is 28.3. The summed E-state index contributed by atoms with van der Waals surface area (Å²) in [6, 6.07) is 6.51. The van der Waals surface area contributed by atoms with Crippen LogP contribution in [-0.4, -0.2) is 29.4 Å². The first-order valence-corrected chi connectivity index (χ1v) is 7.17. The number of hydrogen-bond acceptors (Lipinski definition) is 3. The van der Waals surface area contributed by atoms with Crippen LogP contribution in [0.3, 0.4) is 0 Å². The van der Waals surface area contributed by atoms with Gasteiger partial charge in [0.25, 0.3) is 5.91 Å². The van der Waals surface area contributed by atoms with Gasteiger partial charge in [-0.3, -0.25) is 4.79 Å². The van der Waals surface area contributed by atoms with Gasteiger partial charge < -0.3 is 10.6 Å². The van der Waals surface area contributed by atoms with Crippen LogP contribution in [0.5, 0.6) is 0 Å². The third-order valence-corrected chi connectivity index (χ3v) is 4.95. The number of anilines is 2. The summed E-state index contributed by atoms with van der Waals surface area (Å²) in [7, 11) is 0. The highest BCUT2D eigenvalue weighted by Gasteiger charge is 2.57. The van der Waals surface area contributed by atoms with E-state index >= 15 is 0 Å². The van der Waals surface area contributed by atoms with Crippen molar-refractivity contribution in [2.24, 2.45) is 11.8 Å². The number of benzene rings is 1. The van der Waals surface area contributed by atoms with Crippen LogP contribution in [-0.2, 0) is 4.79 Å². The number of nitrogens with zero attached hydrogens (tertiary/aromatic N) is 2. The molecule has 2 aliphatic heterocycles. The summed E-state index contributed by atoms with van der Waals surface area (Å²) in [5, 5.41) is 0. The molecular formula is C15H17N3O2. The molecule has 0 bridgehead atoms. The van der Waals surface area contributed by atoms with Gasteiger partial charge in [0, 0.05) is 12.2 Å². The van der Waals surface area contributed by atoms with Gasteiger partial charge in [-0.15, -0.1) is 0 Å². The minimum Gasteiger partial charge on any atom is -0.399 e. The Balaban J connectivity index is 1.69. The molecule has 3 unspecified atom stereocenters. The van der Waals surface area contributed by atoms with E-state index in [1.54, 1.807) is 29.2 Å². The lowest BCUT2D eigenvalue weighted by Gasteiger charge is -2.17. The first kappa shape index (κ1) is 11.8. The van der Waals surface area contributed by atoms with E-state index in [1.807, 2.05) is 0 Å². The SMILES string of the molecule is Nc1ccc(N2C(=O)C3C4CCCC4CN3C2=O)cc1. The van der Waals surface area contributed by atoms with Gasteiger partial charge in [-0.1, -0.05) is 6.42 Å². The number of fused-ring (bicyclic) bond motifs is 3. The second-order valence-corrected chi connectivity index (χ2v) is 6.00. The van der Waals surface area contributed by atoms with E-state index in [2.05, 4.69) is 0 Å². The van der Waals surface area contributed by atoms with Gasteiger partial charge in [-0.2, -0.15) is 0 Å². The topological polar surface area (TPSA) is 66.6 Å². The maximum atomic E-state index is 12.7. The Kier molecular flexibility index (Phi) is 2.34. The second-order valence-electron chi connectivity index (χ2n) is 6.00. The molecule has 20 heavy (non-hydrogen) atoms. The number of imide groups is 1. The fourth-order valence-electron chi connectivity index (χ4n) is 4.03. The van der Waals surface area contributed by atoms with Gasteiger partial charge in [0.2, 0.25) is 0 Å². The highest BCUT2D eigenvalue weighted by molar-refractivity contribution is 6.21. The van der Waals surface area contributed by atoms with E-state index in [9.17, 15) is 9.59 Å². The van der Waals surface area contributed by atoms with Crippen LogP contribution in [0.1, 0.15) is 19.3 Å². The Bertz CT molecular complexity index is 583. The highest BCUT2D eigenvalue weighted by atomic mass is 16.2. The van der Waals surface area contributed by atoms with Crippen molar-refractivity contribution in [1.29, 1.82) is 0 Å². The predicted octanol–water partition coefficient (Wildman–Crippen LogP) is 1.84. The first-order valence-electron chi connectivity index (χ1n) is 7.17. The minimum absolute atomic E-state index is 0.0610. The quantitative estimate of drug-likeness (QED) is 0.626. The number of carbonyl (C=O) groups excluding carboxylic acids is 2. The van der Waals surface area contributed by atoms with E-state index < -0.39 is 0 Å². The van der Waals surface area contributed by atoms with E-state index in [0.29, 0.717) is 23.2 Å². The standard InChI is InChI=1S/C15H17N3O2/c16-10-4-6-11(7-5-10)18-14(19)13-12-3-1-2-9(12)8-17(13)15(18)20/h4-7,9,12-13H,1-3,8,16H2. The zero-order valence-electron chi connectivity index (χ0n) is 11.2. The highest BCUT2D eigenvalue weighted by Crippen LogP contribution is 2.46. The van der Waals surface area contributed by atoms with Crippen molar-refractivity contribution in [2.45, 2.75) is 25.3 Å². The zero-order chi connectivity index (χ0) is 13.9. The largest absolute Gasteiger partial charge is 0.399 e. The number of nitrogen functional groups attached to an aromatic ring is 1. The fourth-order valence-corrected chi connectivity index (χ4v) is 4.03. The number of amides is 3. The summed E-state index contributed by atoms with van der Waals surface area (Å²) in [6.07, 6.45) is 3.41. The normalized spacial score (nSPS) is 31.9. The molecule has 3 fully saturated rings. The molecule has 1 aromatic carbocycles. The summed E-state index contributed by atoms with van der Waals surface area (Å²) in [6.45, 7) is 0.741. The van der Waals surface area contributed by atoms with Crippen LogP contribution in [0.2, 0.25) is 0 Å².